The normalized spacial score (nSPS) is 10.4. The first kappa shape index (κ1) is 18.4. The Bertz CT molecular complexity index is 986. The number of rotatable bonds is 5. The van der Waals surface area contributed by atoms with Gasteiger partial charge in [0.25, 0.3) is 5.91 Å². The fourth-order valence-electron chi connectivity index (χ4n) is 2.73. The van der Waals surface area contributed by atoms with E-state index in [-0.39, 0.29) is 11.6 Å². The van der Waals surface area contributed by atoms with Crippen molar-refractivity contribution in [3.8, 4) is 5.75 Å². The number of nitrogens with one attached hydrogen (secondary N) is 2. The average molecular weight is 362 g/mol. The number of methoxy groups -OCH3 is 1. The quantitative estimate of drug-likeness (QED) is 0.703. The number of benzene rings is 2. The Balaban J connectivity index is 1.81. The largest absolute Gasteiger partial charge is 0.495 e. The van der Waals surface area contributed by atoms with Gasteiger partial charge in [-0.1, -0.05) is 23.8 Å². The molecular weight excluding hydrogens is 340 g/mol. The van der Waals surface area contributed by atoms with E-state index in [0.29, 0.717) is 17.4 Å². The first-order valence-electron chi connectivity index (χ1n) is 8.59. The zero-order valence-corrected chi connectivity index (χ0v) is 15.8. The van der Waals surface area contributed by atoms with Gasteiger partial charge in [0.05, 0.1) is 12.8 Å². The Morgan fingerprint density at radius 1 is 0.963 bits per heavy atom. The van der Waals surface area contributed by atoms with Crippen molar-refractivity contribution in [2.24, 2.45) is 0 Å². The number of anilines is 3. The van der Waals surface area contributed by atoms with E-state index in [1.807, 2.05) is 51.1 Å². The monoisotopic (exact) mass is 362 g/mol. The average Bonchev–Trinajstić information content (AvgIpc) is 2.64. The van der Waals surface area contributed by atoms with Crippen LogP contribution in [0.1, 0.15) is 27.2 Å². The van der Waals surface area contributed by atoms with Crippen molar-refractivity contribution in [3.05, 3.63) is 71.0 Å². The summed E-state index contributed by atoms with van der Waals surface area (Å²) in [7, 11) is 1.57. The first-order chi connectivity index (χ1) is 13.0. The SMILES string of the molecule is COc1ccc(C)cc1NC(=O)c1ccnc(Nc2ccc(C)cc2C)n1. The van der Waals surface area contributed by atoms with E-state index in [1.54, 1.807) is 19.4 Å². The lowest BCUT2D eigenvalue weighted by atomic mass is 10.1. The number of hydrogen-bond acceptors (Lipinski definition) is 5. The van der Waals surface area contributed by atoms with Crippen molar-refractivity contribution in [3.63, 3.8) is 0 Å². The molecule has 27 heavy (non-hydrogen) atoms. The molecular formula is C21H22N4O2. The van der Waals surface area contributed by atoms with Crippen LogP contribution < -0.4 is 15.4 Å². The Morgan fingerprint density at radius 2 is 1.70 bits per heavy atom. The Morgan fingerprint density at radius 3 is 2.44 bits per heavy atom. The molecule has 0 bridgehead atoms. The van der Waals surface area contributed by atoms with Crippen molar-refractivity contribution in [1.29, 1.82) is 0 Å². The lowest BCUT2D eigenvalue weighted by Gasteiger charge is -2.12. The van der Waals surface area contributed by atoms with Gasteiger partial charge in [0.2, 0.25) is 5.95 Å². The zero-order chi connectivity index (χ0) is 19.4. The number of carbonyl (C=O) groups excluding carboxylic acids is 1. The zero-order valence-electron chi connectivity index (χ0n) is 15.8. The highest BCUT2D eigenvalue weighted by atomic mass is 16.5. The molecule has 2 N–H and O–H groups in total. The molecule has 3 aromatic rings. The third-order valence-corrected chi connectivity index (χ3v) is 4.12. The summed E-state index contributed by atoms with van der Waals surface area (Å²) in [6.45, 7) is 6.00. The van der Waals surface area contributed by atoms with E-state index < -0.39 is 0 Å². The molecule has 0 spiro atoms. The Kier molecular flexibility index (Phi) is 5.35. The van der Waals surface area contributed by atoms with Crippen LogP contribution in [0, 0.1) is 20.8 Å². The van der Waals surface area contributed by atoms with Gasteiger partial charge in [-0.05, 0) is 56.2 Å². The van der Waals surface area contributed by atoms with Gasteiger partial charge in [0, 0.05) is 11.9 Å². The van der Waals surface area contributed by atoms with Crippen LogP contribution in [0.15, 0.2) is 48.7 Å². The van der Waals surface area contributed by atoms with Crippen molar-refractivity contribution >= 4 is 23.2 Å². The fourth-order valence-corrected chi connectivity index (χ4v) is 2.73. The first-order valence-corrected chi connectivity index (χ1v) is 8.59. The predicted molar refractivity (Wildman–Crippen MR) is 107 cm³/mol. The summed E-state index contributed by atoms with van der Waals surface area (Å²) in [4.78, 5) is 21.2. The molecule has 0 aliphatic heterocycles. The molecule has 0 aliphatic rings. The van der Waals surface area contributed by atoms with Crippen LogP contribution in [-0.4, -0.2) is 23.0 Å². The number of ether oxygens (including phenoxy) is 1. The van der Waals surface area contributed by atoms with Crippen LogP contribution in [-0.2, 0) is 0 Å². The Hall–Kier alpha value is -3.41. The van der Waals surface area contributed by atoms with Gasteiger partial charge in [-0.3, -0.25) is 4.79 Å². The van der Waals surface area contributed by atoms with Gasteiger partial charge in [0.1, 0.15) is 11.4 Å². The highest BCUT2D eigenvalue weighted by Crippen LogP contribution is 2.26. The van der Waals surface area contributed by atoms with Gasteiger partial charge in [-0.25, -0.2) is 9.97 Å². The van der Waals surface area contributed by atoms with Crippen LogP contribution in [0.2, 0.25) is 0 Å². The highest BCUT2D eigenvalue weighted by Gasteiger charge is 2.13. The fraction of sp³-hybridized carbons (Fsp3) is 0.190. The summed E-state index contributed by atoms with van der Waals surface area (Å²) in [6, 6.07) is 13.2. The highest BCUT2D eigenvalue weighted by molar-refractivity contribution is 6.03. The molecule has 0 atom stereocenters. The van der Waals surface area contributed by atoms with Crippen molar-refractivity contribution in [2.75, 3.05) is 17.7 Å². The second-order valence-electron chi connectivity index (χ2n) is 6.37. The minimum absolute atomic E-state index is 0.265. The number of carbonyl (C=O) groups is 1. The summed E-state index contributed by atoms with van der Waals surface area (Å²) in [6.07, 6.45) is 1.56. The van der Waals surface area contributed by atoms with E-state index >= 15 is 0 Å². The van der Waals surface area contributed by atoms with Crippen LogP contribution >= 0.6 is 0 Å². The summed E-state index contributed by atoms with van der Waals surface area (Å²) in [5, 5.41) is 6.01. The number of aryl methyl sites for hydroxylation is 3. The van der Waals surface area contributed by atoms with Crippen LogP contribution in [0.5, 0.6) is 5.75 Å². The molecule has 138 valence electrons. The summed E-state index contributed by atoms with van der Waals surface area (Å²) in [5.74, 6) is 0.632. The molecule has 0 unspecified atom stereocenters. The van der Waals surface area contributed by atoms with E-state index in [4.69, 9.17) is 4.74 Å². The molecule has 0 saturated heterocycles. The molecule has 0 saturated carbocycles. The third kappa shape index (κ3) is 4.41. The van der Waals surface area contributed by atoms with Crippen molar-refractivity contribution < 1.29 is 9.53 Å². The maximum atomic E-state index is 12.6. The molecule has 0 aliphatic carbocycles. The van der Waals surface area contributed by atoms with Gasteiger partial charge in [-0.2, -0.15) is 0 Å². The van der Waals surface area contributed by atoms with Crippen molar-refractivity contribution in [2.45, 2.75) is 20.8 Å². The maximum absolute atomic E-state index is 12.6. The van der Waals surface area contributed by atoms with Crippen LogP contribution in [0.25, 0.3) is 0 Å². The number of aromatic nitrogens is 2. The molecule has 3 rings (SSSR count). The van der Waals surface area contributed by atoms with Gasteiger partial charge in [0.15, 0.2) is 0 Å². The summed E-state index contributed by atoms with van der Waals surface area (Å²) in [5.41, 5.74) is 5.05. The van der Waals surface area contributed by atoms with E-state index in [0.717, 1.165) is 16.8 Å². The van der Waals surface area contributed by atoms with Gasteiger partial charge in [-0.15, -0.1) is 0 Å². The molecule has 1 heterocycles. The second-order valence-corrected chi connectivity index (χ2v) is 6.37. The molecule has 1 amide bonds. The molecule has 1 aromatic heterocycles. The molecule has 6 heteroatoms. The van der Waals surface area contributed by atoms with Crippen molar-refractivity contribution in [1.82, 2.24) is 9.97 Å². The number of hydrogen-bond donors (Lipinski definition) is 2. The topological polar surface area (TPSA) is 76.1 Å². The van der Waals surface area contributed by atoms with Crippen LogP contribution in [0.4, 0.5) is 17.3 Å². The standard InChI is InChI=1S/C21H22N4O2/c1-13-5-7-16(15(3)11-13)24-21-22-10-9-17(25-21)20(26)23-18-12-14(2)6-8-19(18)27-4/h5-12H,1-4H3,(H,23,26)(H,22,24,25). The molecule has 2 aromatic carbocycles. The van der Waals surface area contributed by atoms with E-state index in [1.165, 1.54) is 5.56 Å². The van der Waals surface area contributed by atoms with Gasteiger partial charge >= 0.3 is 0 Å². The van der Waals surface area contributed by atoms with Gasteiger partial charge < -0.3 is 15.4 Å². The lowest BCUT2D eigenvalue weighted by molar-refractivity contribution is 0.102. The number of nitrogens with zero attached hydrogens (tertiary/aromatic N) is 2. The predicted octanol–water partition coefficient (Wildman–Crippen LogP) is 4.41. The molecule has 6 nitrogen and oxygen atoms in total. The minimum atomic E-state index is -0.329. The second kappa shape index (κ2) is 7.86. The summed E-state index contributed by atoms with van der Waals surface area (Å²) < 4.78 is 5.30. The van der Waals surface area contributed by atoms with E-state index in [2.05, 4.69) is 26.7 Å². The smallest absolute Gasteiger partial charge is 0.274 e. The van der Waals surface area contributed by atoms with Crippen LogP contribution in [0.3, 0.4) is 0 Å². The van der Waals surface area contributed by atoms with E-state index in [9.17, 15) is 4.79 Å². The molecule has 0 radical (unpaired) electrons. The third-order valence-electron chi connectivity index (χ3n) is 4.12. The summed E-state index contributed by atoms with van der Waals surface area (Å²) >= 11 is 0. The minimum Gasteiger partial charge on any atom is -0.495 e. The molecule has 0 fully saturated rings. The maximum Gasteiger partial charge on any atom is 0.274 e. The number of amides is 1. The Labute approximate surface area is 158 Å². The lowest BCUT2D eigenvalue weighted by Crippen LogP contribution is -2.15.